The van der Waals surface area contributed by atoms with Gasteiger partial charge in [-0.05, 0) is 25.1 Å². The lowest BCUT2D eigenvalue weighted by Crippen LogP contribution is -2.50. The zero-order chi connectivity index (χ0) is 17.5. The molecule has 24 heavy (non-hydrogen) atoms. The van der Waals surface area contributed by atoms with E-state index in [2.05, 4.69) is 4.74 Å². The summed E-state index contributed by atoms with van der Waals surface area (Å²) < 4.78 is 46.2. The summed E-state index contributed by atoms with van der Waals surface area (Å²) in [6.07, 6.45) is -4.14. The molecule has 124 valence electrons. The van der Waals surface area contributed by atoms with Crippen molar-refractivity contribution in [2.75, 3.05) is 4.90 Å². The molecule has 0 spiro atoms. The molecule has 1 amide bonds. The number of hydrogen-bond donors (Lipinski definition) is 0. The summed E-state index contributed by atoms with van der Waals surface area (Å²) in [7, 11) is 0. The molecule has 1 aliphatic heterocycles. The molecule has 1 aliphatic rings. The normalized spacial score (nSPS) is 15.7. The van der Waals surface area contributed by atoms with Crippen LogP contribution in [0.15, 0.2) is 42.5 Å². The quantitative estimate of drug-likeness (QED) is 0.806. The van der Waals surface area contributed by atoms with Crippen LogP contribution in [-0.4, -0.2) is 17.8 Å². The summed E-state index contributed by atoms with van der Waals surface area (Å²) in [4.78, 5) is 24.4. The Hall–Kier alpha value is -2.83. The third-order valence-electron chi connectivity index (χ3n) is 3.68. The van der Waals surface area contributed by atoms with Gasteiger partial charge in [-0.25, -0.2) is 4.39 Å². The van der Waals surface area contributed by atoms with Crippen LogP contribution in [0, 0.1) is 5.82 Å². The zero-order valence-electron chi connectivity index (χ0n) is 12.6. The van der Waals surface area contributed by atoms with Gasteiger partial charge in [0.1, 0.15) is 5.82 Å². The van der Waals surface area contributed by atoms with Gasteiger partial charge in [0.2, 0.25) is 0 Å². The number of carbonyl (C=O) groups excluding carboxylic acids is 2. The Labute approximate surface area is 135 Å². The van der Waals surface area contributed by atoms with Gasteiger partial charge >= 0.3 is 12.0 Å². The highest BCUT2D eigenvalue weighted by atomic mass is 19.3. The Morgan fingerprint density at radius 3 is 2.54 bits per heavy atom. The van der Waals surface area contributed by atoms with Crippen molar-refractivity contribution >= 4 is 17.4 Å². The molecule has 0 fully saturated rings. The fraction of sp³-hybridized carbons (Fsp3) is 0.176. The van der Waals surface area contributed by atoms with E-state index >= 15 is 0 Å². The van der Waals surface area contributed by atoms with Crippen LogP contribution in [0.1, 0.15) is 22.8 Å². The first-order chi connectivity index (χ1) is 11.3. The molecule has 0 aliphatic carbocycles. The summed E-state index contributed by atoms with van der Waals surface area (Å²) in [6, 6.07) is 9.70. The zero-order valence-corrected chi connectivity index (χ0v) is 12.6. The first-order valence-electron chi connectivity index (χ1n) is 7.07. The minimum Gasteiger partial charge on any atom is -0.422 e. The van der Waals surface area contributed by atoms with Crippen LogP contribution in [0.25, 0.3) is 0 Å². The third kappa shape index (κ3) is 2.62. The van der Waals surface area contributed by atoms with Gasteiger partial charge in [0.25, 0.3) is 0 Å². The summed E-state index contributed by atoms with van der Waals surface area (Å²) in [5.41, 5.74) is 0.00261. The largest absolute Gasteiger partial charge is 0.483 e. The van der Waals surface area contributed by atoms with Gasteiger partial charge in [0.15, 0.2) is 11.5 Å². The number of rotatable bonds is 3. The third-order valence-corrected chi connectivity index (χ3v) is 3.68. The van der Waals surface area contributed by atoms with Crippen molar-refractivity contribution in [3.05, 3.63) is 59.4 Å². The second-order valence-corrected chi connectivity index (χ2v) is 5.31. The Morgan fingerprint density at radius 2 is 1.88 bits per heavy atom. The van der Waals surface area contributed by atoms with Crippen molar-refractivity contribution in [2.24, 2.45) is 0 Å². The molecule has 7 heteroatoms. The fourth-order valence-corrected chi connectivity index (χ4v) is 2.51. The van der Waals surface area contributed by atoms with Gasteiger partial charge in [0.05, 0.1) is 17.8 Å². The number of amides is 1. The minimum absolute atomic E-state index is 0.00174. The smallest absolute Gasteiger partial charge is 0.422 e. The van der Waals surface area contributed by atoms with E-state index in [1.54, 1.807) is 0 Å². The Balaban J connectivity index is 2.13. The number of hydrogen-bond acceptors (Lipinski definition) is 3. The topological polar surface area (TPSA) is 46.6 Å². The van der Waals surface area contributed by atoms with Crippen molar-refractivity contribution in [3.8, 4) is 5.75 Å². The molecule has 2 aromatic carbocycles. The molecule has 3 rings (SSSR count). The van der Waals surface area contributed by atoms with E-state index in [-0.39, 0.29) is 22.6 Å². The van der Waals surface area contributed by atoms with Crippen LogP contribution < -0.4 is 9.64 Å². The first-order valence-corrected chi connectivity index (χ1v) is 7.07. The maximum Gasteiger partial charge on any atom is 0.483 e. The van der Waals surface area contributed by atoms with Crippen molar-refractivity contribution in [1.29, 1.82) is 0 Å². The lowest BCUT2D eigenvalue weighted by atomic mass is 10.1. The summed E-state index contributed by atoms with van der Waals surface area (Å²) in [5.74, 6) is -3.10. The average molecular weight is 335 g/mol. The number of alkyl halides is 2. The van der Waals surface area contributed by atoms with Gasteiger partial charge in [-0.15, -0.1) is 0 Å². The van der Waals surface area contributed by atoms with Gasteiger partial charge in [0, 0.05) is 5.56 Å². The van der Waals surface area contributed by atoms with Gasteiger partial charge in [-0.2, -0.15) is 8.78 Å². The van der Waals surface area contributed by atoms with Gasteiger partial charge in [-0.1, -0.05) is 24.3 Å². The molecule has 4 nitrogen and oxygen atoms in total. The molecule has 2 aromatic rings. The Kier molecular flexibility index (Phi) is 3.79. The Morgan fingerprint density at radius 1 is 1.17 bits per heavy atom. The van der Waals surface area contributed by atoms with Crippen LogP contribution in [0.5, 0.6) is 5.75 Å². The van der Waals surface area contributed by atoms with Crippen LogP contribution in [0.4, 0.5) is 18.9 Å². The molecular weight excluding hydrogens is 323 g/mol. The van der Waals surface area contributed by atoms with Crippen LogP contribution in [0.3, 0.4) is 0 Å². The number of ether oxygens (including phenoxy) is 1. The fourth-order valence-electron chi connectivity index (χ4n) is 2.51. The van der Waals surface area contributed by atoms with E-state index in [4.69, 9.17) is 0 Å². The standard InChI is InChI=1S/C17H12F3NO3/c1-10(22)12-6-4-8-14-15(12)24-17(19,20)16(23)21(14)9-11-5-2-3-7-13(11)18/h2-8H,9H2,1H3. The number of fused-ring (bicyclic) bond motifs is 1. The van der Waals surface area contributed by atoms with Crippen LogP contribution in [-0.2, 0) is 11.3 Å². The minimum atomic E-state index is -4.14. The molecule has 0 bridgehead atoms. The van der Waals surface area contributed by atoms with E-state index in [1.807, 2.05) is 0 Å². The molecule has 0 radical (unpaired) electrons. The highest BCUT2D eigenvalue weighted by Crippen LogP contribution is 2.42. The summed E-state index contributed by atoms with van der Waals surface area (Å²) in [6.45, 7) is 0.799. The van der Waals surface area contributed by atoms with Crippen molar-refractivity contribution in [1.82, 2.24) is 0 Å². The summed E-state index contributed by atoms with van der Waals surface area (Å²) >= 11 is 0. The number of benzene rings is 2. The molecule has 0 N–H and O–H groups in total. The van der Waals surface area contributed by atoms with Gasteiger partial charge in [-0.3, -0.25) is 14.5 Å². The summed E-state index contributed by atoms with van der Waals surface area (Å²) in [5, 5.41) is 0. The van der Waals surface area contributed by atoms with Crippen LogP contribution >= 0.6 is 0 Å². The number of Topliss-reactive ketones (excluding diaryl/α,β-unsaturated/α-hetero) is 1. The predicted octanol–water partition coefficient (Wildman–Crippen LogP) is 3.55. The van der Waals surface area contributed by atoms with Crippen LogP contribution in [0.2, 0.25) is 0 Å². The number of nitrogens with zero attached hydrogens (tertiary/aromatic N) is 1. The van der Waals surface area contributed by atoms with E-state index in [0.717, 1.165) is 4.90 Å². The molecule has 0 saturated heterocycles. The number of ketones is 1. The first kappa shape index (κ1) is 16.0. The predicted molar refractivity (Wildman–Crippen MR) is 79.6 cm³/mol. The lowest BCUT2D eigenvalue weighted by Gasteiger charge is -2.34. The average Bonchev–Trinajstić information content (AvgIpc) is 2.52. The van der Waals surface area contributed by atoms with E-state index in [9.17, 15) is 22.8 Å². The van der Waals surface area contributed by atoms with E-state index < -0.39 is 30.2 Å². The second-order valence-electron chi connectivity index (χ2n) is 5.31. The maximum atomic E-state index is 14.0. The van der Waals surface area contributed by atoms with E-state index in [1.165, 1.54) is 49.4 Å². The molecule has 1 heterocycles. The molecule has 0 aromatic heterocycles. The molecule has 0 saturated carbocycles. The monoisotopic (exact) mass is 335 g/mol. The number of anilines is 1. The van der Waals surface area contributed by atoms with E-state index in [0.29, 0.717) is 0 Å². The van der Waals surface area contributed by atoms with Crippen molar-refractivity contribution < 1.29 is 27.5 Å². The van der Waals surface area contributed by atoms with Crippen molar-refractivity contribution in [3.63, 3.8) is 0 Å². The van der Waals surface area contributed by atoms with Crippen molar-refractivity contribution in [2.45, 2.75) is 19.6 Å². The lowest BCUT2D eigenvalue weighted by molar-refractivity contribution is -0.193. The molecule has 0 unspecified atom stereocenters. The number of halogens is 3. The SMILES string of the molecule is CC(=O)c1cccc2c1OC(F)(F)C(=O)N2Cc1ccccc1F. The number of para-hydroxylation sites is 1. The highest BCUT2D eigenvalue weighted by molar-refractivity contribution is 6.05. The molecular formula is C17H12F3NO3. The highest BCUT2D eigenvalue weighted by Gasteiger charge is 2.51. The number of carbonyl (C=O) groups is 2. The maximum absolute atomic E-state index is 14.0. The second kappa shape index (κ2) is 5.67. The Bertz CT molecular complexity index is 836. The molecule has 0 atom stereocenters. The van der Waals surface area contributed by atoms with Gasteiger partial charge < -0.3 is 4.74 Å².